The van der Waals surface area contributed by atoms with Crippen LogP contribution in [-0.2, 0) is 4.79 Å². The molecule has 0 aromatic rings. The van der Waals surface area contributed by atoms with Gasteiger partial charge in [-0.25, -0.2) is 9.37 Å². The molecule has 2 unspecified atom stereocenters. The summed E-state index contributed by atoms with van der Waals surface area (Å²) in [4.78, 5) is 30.2. The van der Waals surface area contributed by atoms with Gasteiger partial charge in [0.05, 0.1) is 6.10 Å². The zero-order chi connectivity index (χ0) is 12.7. The number of imide groups is 1. The number of rotatable bonds is 2. The van der Waals surface area contributed by atoms with Crippen molar-refractivity contribution in [3.63, 3.8) is 0 Å². The van der Waals surface area contributed by atoms with E-state index in [0.717, 1.165) is 4.90 Å². The summed E-state index contributed by atoms with van der Waals surface area (Å²) in [6.45, 7) is 1.94. The molecule has 2 heterocycles. The lowest BCUT2D eigenvalue weighted by atomic mass is 10.1. The van der Waals surface area contributed by atoms with Gasteiger partial charge in [-0.05, 0) is 11.9 Å². The van der Waals surface area contributed by atoms with E-state index in [1.807, 2.05) is 0 Å². The number of carbonyl (C=O) groups is 2. The monoisotopic (exact) mass is 239 g/mol. The summed E-state index contributed by atoms with van der Waals surface area (Å²) < 4.78 is 1.64. The third kappa shape index (κ3) is 1.72. The molecule has 17 heavy (non-hydrogen) atoms. The topological polar surface area (TPSA) is 76.2 Å². The van der Waals surface area contributed by atoms with Crippen molar-refractivity contribution in [1.29, 1.82) is 0 Å². The van der Waals surface area contributed by atoms with Gasteiger partial charge in [0.2, 0.25) is 0 Å². The van der Waals surface area contributed by atoms with Crippen molar-refractivity contribution in [2.24, 2.45) is 4.99 Å². The third-order valence-corrected chi connectivity index (χ3v) is 2.87. The number of fused-ring (bicyclic) bond motifs is 1. The van der Waals surface area contributed by atoms with Crippen LogP contribution in [-0.4, -0.2) is 76.4 Å². The number of likely N-dealkylation sites (N-methyl/N-ethyl adjacent to an activating group) is 2. The van der Waals surface area contributed by atoms with Gasteiger partial charge in [-0.3, -0.25) is 14.6 Å². The summed E-state index contributed by atoms with van der Waals surface area (Å²) in [5.41, 5.74) is 0. The molecule has 0 spiro atoms. The number of carbonyl (C=O) groups excluding carboxylic acids is 2. The second-order valence-corrected chi connectivity index (χ2v) is 4.29. The third-order valence-electron chi connectivity index (χ3n) is 2.87. The standard InChI is InChI=1S/C10H15N4O3/c1-6(15)4-14-5-11-8-7(14)9(16)13(3)10(17)12(8)2/h5-7,15H,4H2,1-3H3/q+1. The summed E-state index contributed by atoms with van der Waals surface area (Å²) in [6.07, 6.45) is 0.926. The van der Waals surface area contributed by atoms with E-state index in [-0.39, 0.29) is 5.91 Å². The van der Waals surface area contributed by atoms with Crippen molar-refractivity contribution in [1.82, 2.24) is 9.80 Å². The SMILES string of the molecule is CC(O)C[N+]1=CN=C2C1C(=O)N(C)C(=O)N2C. The summed E-state index contributed by atoms with van der Waals surface area (Å²) in [5.74, 6) is 0.0972. The predicted octanol–water partition coefficient (Wildman–Crippen LogP) is -1.29. The molecule has 1 fully saturated rings. The highest BCUT2D eigenvalue weighted by Crippen LogP contribution is 2.16. The lowest BCUT2D eigenvalue weighted by molar-refractivity contribution is -0.538. The summed E-state index contributed by atoms with van der Waals surface area (Å²) in [5, 5.41) is 9.36. The van der Waals surface area contributed by atoms with Gasteiger partial charge >= 0.3 is 6.03 Å². The number of aliphatic hydroxyl groups excluding tert-OH is 1. The van der Waals surface area contributed by atoms with Crippen LogP contribution in [0.15, 0.2) is 4.99 Å². The lowest BCUT2D eigenvalue weighted by Crippen LogP contribution is -2.61. The first-order chi connectivity index (χ1) is 7.93. The molecule has 0 aromatic carbocycles. The van der Waals surface area contributed by atoms with Crippen LogP contribution >= 0.6 is 0 Å². The first kappa shape index (κ1) is 11.7. The smallest absolute Gasteiger partial charge is 0.333 e. The molecular formula is C10H15N4O3+. The number of aliphatic hydroxyl groups is 1. The Morgan fingerprint density at radius 3 is 2.71 bits per heavy atom. The first-order valence-electron chi connectivity index (χ1n) is 5.33. The molecule has 0 aliphatic carbocycles. The molecule has 0 bridgehead atoms. The number of aliphatic imine (C=N–C) groups is 1. The van der Waals surface area contributed by atoms with E-state index in [2.05, 4.69) is 4.99 Å². The second kappa shape index (κ2) is 3.92. The Labute approximate surface area is 98.6 Å². The minimum Gasteiger partial charge on any atom is -0.389 e. The van der Waals surface area contributed by atoms with Crippen molar-refractivity contribution in [3.05, 3.63) is 0 Å². The molecule has 7 nitrogen and oxygen atoms in total. The van der Waals surface area contributed by atoms with Gasteiger partial charge in [0, 0.05) is 14.1 Å². The van der Waals surface area contributed by atoms with Crippen molar-refractivity contribution in [2.75, 3.05) is 20.6 Å². The molecule has 3 amide bonds. The molecule has 2 atom stereocenters. The molecule has 0 saturated carbocycles. The van der Waals surface area contributed by atoms with Gasteiger partial charge in [-0.1, -0.05) is 0 Å². The van der Waals surface area contributed by atoms with Gasteiger partial charge in [-0.15, -0.1) is 0 Å². The minimum atomic E-state index is -0.600. The van der Waals surface area contributed by atoms with Gasteiger partial charge in [0.25, 0.3) is 24.1 Å². The van der Waals surface area contributed by atoms with Crippen LogP contribution in [0.5, 0.6) is 0 Å². The normalized spacial score (nSPS) is 25.8. The fourth-order valence-corrected chi connectivity index (χ4v) is 2.00. The van der Waals surface area contributed by atoms with E-state index in [1.54, 1.807) is 18.5 Å². The molecule has 0 aromatic heterocycles. The molecule has 2 aliphatic rings. The number of β-amino-alcohol motifs (C(OH)–C–C–N with tert-alkyl or cyclic N) is 1. The van der Waals surface area contributed by atoms with E-state index < -0.39 is 18.2 Å². The summed E-state index contributed by atoms with van der Waals surface area (Å²) in [6, 6.07) is -0.991. The van der Waals surface area contributed by atoms with E-state index in [4.69, 9.17) is 0 Å². The largest absolute Gasteiger partial charge is 0.389 e. The highest BCUT2D eigenvalue weighted by molar-refractivity contribution is 6.21. The maximum atomic E-state index is 12.0. The second-order valence-electron chi connectivity index (χ2n) is 4.29. The van der Waals surface area contributed by atoms with Crippen LogP contribution in [0.4, 0.5) is 4.79 Å². The Morgan fingerprint density at radius 2 is 2.12 bits per heavy atom. The maximum Gasteiger partial charge on any atom is 0.333 e. The van der Waals surface area contributed by atoms with Gasteiger partial charge in [-0.2, -0.15) is 0 Å². The predicted molar refractivity (Wildman–Crippen MR) is 60.0 cm³/mol. The molecule has 1 saturated heterocycles. The molecule has 7 heteroatoms. The zero-order valence-electron chi connectivity index (χ0n) is 9.99. The van der Waals surface area contributed by atoms with Crippen LogP contribution in [0.25, 0.3) is 0 Å². The van der Waals surface area contributed by atoms with E-state index in [0.29, 0.717) is 12.4 Å². The minimum absolute atomic E-state index is 0.305. The number of nitrogens with zero attached hydrogens (tertiary/aromatic N) is 4. The quantitative estimate of drug-likeness (QED) is 0.609. The van der Waals surface area contributed by atoms with Crippen LogP contribution in [0.2, 0.25) is 0 Å². The Kier molecular flexibility index (Phi) is 2.70. The maximum absolute atomic E-state index is 12.0. The molecule has 0 radical (unpaired) electrons. The molecule has 2 aliphatic heterocycles. The van der Waals surface area contributed by atoms with Gasteiger partial charge in [0.1, 0.15) is 6.54 Å². The first-order valence-corrected chi connectivity index (χ1v) is 5.33. The lowest BCUT2D eigenvalue weighted by Gasteiger charge is -2.30. The number of hydrogen-bond acceptors (Lipinski definition) is 4. The Bertz CT molecular complexity index is 441. The molecule has 92 valence electrons. The van der Waals surface area contributed by atoms with Crippen molar-refractivity contribution in [3.8, 4) is 0 Å². The van der Waals surface area contributed by atoms with E-state index in [9.17, 15) is 14.7 Å². The fourth-order valence-electron chi connectivity index (χ4n) is 2.00. The van der Waals surface area contributed by atoms with Gasteiger partial charge in [0.15, 0.2) is 0 Å². The van der Waals surface area contributed by atoms with Gasteiger partial charge < -0.3 is 5.11 Å². The van der Waals surface area contributed by atoms with E-state index in [1.165, 1.54) is 18.3 Å². The average molecular weight is 239 g/mol. The Hall–Kier alpha value is -1.76. The van der Waals surface area contributed by atoms with Crippen LogP contribution in [0, 0.1) is 0 Å². The van der Waals surface area contributed by atoms with Crippen molar-refractivity contribution >= 4 is 24.1 Å². The molecular weight excluding hydrogens is 224 g/mol. The van der Waals surface area contributed by atoms with Crippen LogP contribution in [0.3, 0.4) is 0 Å². The number of amidine groups is 1. The highest BCUT2D eigenvalue weighted by Gasteiger charge is 2.50. The molecule has 1 N–H and O–H groups in total. The summed E-state index contributed by atoms with van der Waals surface area (Å²) >= 11 is 0. The Morgan fingerprint density at radius 1 is 1.47 bits per heavy atom. The summed E-state index contributed by atoms with van der Waals surface area (Å²) in [7, 11) is 3.02. The Balaban J connectivity index is 2.29. The van der Waals surface area contributed by atoms with Crippen LogP contribution in [0.1, 0.15) is 6.92 Å². The van der Waals surface area contributed by atoms with Crippen LogP contribution < -0.4 is 0 Å². The van der Waals surface area contributed by atoms with Crippen molar-refractivity contribution in [2.45, 2.75) is 19.1 Å². The van der Waals surface area contributed by atoms with Crippen molar-refractivity contribution < 1.29 is 19.3 Å². The number of hydrogen-bond donors (Lipinski definition) is 1. The number of urea groups is 1. The molecule has 2 rings (SSSR count). The number of amides is 3. The highest BCUT2D eigenvalue weighted by atomic mass is 16.3. The fraction of sp³-hybridized carbons (Fsp3) is 0.600. The van der Waals surface area contributed by atoms with E-state index >= 15 is 0 Å². The zero-order valence-corrected chi connectivity index (χ0v) is 9.99. The average Bonchev–Trinajstić information content (AvgIpc) is 2.66.